The first-order chi connectivity index (χ1) is 9.86. The lowest BCUT2D eigenvalue weighted by Crippen LogP contribution is -2.35. The van der Waals surface area contributed by atoms with E-state index in [1.807, 2.05) is 13.8 Å². The Morgan fingerprint density at radius 3 is 2.67 bits per heavy atom. The molecule has 1 amide bonds. The smallest absolute Gasteiger partial charge is 0.345 e. The number of nitrogens with zero attached hydrogens (tertiary/aromatic N) is 1. The maximum atomic E-state index is 11.9. The van der Waals surface area contributed by atoms with Gasteiger partial charge in [-0.15, -0.1) is 0 Å². The average Bonchev–Trinajstić information content (AvgIpc) is 2.43. The van der Waals surface area contributed by atoms with Gasteiger partial charge in [-0.1, -0.05) is 19.1 Å². The Balaban J connectivity index is 2.75. The van der Waals surface area contributed by atoms with Gasteiger partial charge in [0.2, 0.25) is 0 Å². The summed E-state index contributed by atoms with van der Waals surface area (Å²) in [4.78, 5) is 33.7. The molecular weight excluding hydrogens is 276 g/mol. The van der Waals surface area contributed by atoms with Crippen molar-refractivity contribution in [3.63, 3.8) is 0 Å². The molecule has 0 bridgehead atoms. The molecule has 1 aromatic rings. The minimum absolute atomic E-state index is 0.0236. The Labute approximate surface area is 122 Å². The topological polar surface area (TPSA) is 98.5 Å². The molecule has 0 radical (unpaired) electrons. The molecule has 0 saturated carbocycles. The quantitative estimate of drug-likeness (QED) is 0.491. The van der Waals surface area contributed by atoms with Crippen LogP contribution in [0.2, 0.25) is 0 Å². The number of esters is 1. The fraction of sp³-hybridized carbons (Fsp3) is 0.429. The van der Waals surface area contributed by atoms with Crippen LogP contribution in [-0.2, 0) is 9.53 Å². The van der Waals surface area contributed by atoms with Crippen molar-refractivity contribution >= 4 is 17.6 Å². The minimum Gasteiger partial charge on any atom is -0.452 e. The van der Waals surface area contributed by atoms with E-state index in [0.717, 1.165) is 6.42 Å². The molecule has 1 aromatic carbocycles. The van der Waals surface area contributed by atoms with Crippen molar-refractivity contribution in [1.82, 2.24) is 5.32 Å². The highest BCUT2D eigenvalue weighted by Gasteiger charge is 2.24. The number of carbonyl (C=O) groups excluding carboxylic acids is 2. The number of hydrogen-bond donors (Lipinski definition) is 1. The summed E-state index contributed by atoms with van der Waals surface area (Å²) in [6.45, 7) is 4.80. The zero-order valence-corrected chi connectivity index (χ0v) is 12.2. The highest BCUT2D eigenvalue weighted by Crippen LogP contribution is 2.23. The molecule has 0 aliphatic rings. The third kappa shape index (κ3) is 4.55. The second kappa shape index (κ2) is 7.37. The Morgan fingerprint density at radius 2 is 2.10 bits per heavy atom. The van der Waals surface area contributed by atoms with E-state index in [9.17, 15) is 19.7 Å². The van der Waals surface area contributed by atoms with E-state index < -0.39 is 23.4 Å². The number of rotatable bonds is 6. The highest BCUT2D eigenvalue weighted by molar-refractivity contribution is 5.95. The van der Waals surface area contributed by atoms with Crippen LogP contribution in [0, 0.1) is 17.0 Å². The van der Waals surface area contributed by atoms with E-state index in [1.165, 1.54) is 25.1 Å². The number of ether oxygens (including phenoxy) is 1. The van der Waals surface area contributed by atoms with E-state index in [4.69, 9.17) is 4.74 Å². The van der Waals surface area contributed by atoms with Gasteiger partial charge in [0.05, 0.1) is 4.92 Å². The molecule has 0 spiro atoms. The summed E-state index contributed by atoms with van der Waals surface area (Å²) >= 11 is 0. The fourth-order valence-corrected chi connectivity index (χ4v) is 1.69. The first kappa shape index (κ1) is 16.6. The van der Waals surface area contributed by atoms with Crippen LogP contribution in [0.1, 0.15) is 36.2 Å². The van der Waals surface area contributed by atoms with Crippen LogP contribution in [0.4, 0.5) is 5.69 Å². The highest BCUT2D eigenvalue weighted by atomic mass is 16.6. The monoisotopic (exact) mass is 294 g/mol. The summed E-state index contributed by atoms with van der Waals surface area (Å²) in [5.74, 6) is -1.32. The molecular formula is C14H18N2O5. The van der Waals surface area contributed by atoms with Gasteiger partial charge in [0.1, 0.15) is 5.56 Å². The summed E-state index contributed by atoms with van der Waals surface area (Å²) < 4.78 is 4.83. The number of hydrogen-bond acceptors (Lipinski definition) is 5. The molecule has 21 heavy (non-hydrogen) atoms. The van der Waals surface area contributed by atoms with Crippen molar-refractivity contribution < 1.29 is 19.2 Å². The standard InChI is InChI=1S/C14H18N2O5/c1-4-10(3)15-12(17)8-21-14(18)11-7-5-6-9(2)13(11)16(19)20/h5-7,10H,4,8H2,1-3H3,(H,15,17)/t10-/m1/s1. The number of aryl methyl sites for hydroxylation is 1. The molecule has 1 N–H and O–H groups in total. The van der Waals surface area contributed by atoms with Crippen molar-refractivity contribution in [1.29, 1.82) is 0 Å². The van der Waals surface area contributed by atoms with Gasteiger partial charge in [0.25, 0.3) is 11.6 Å². The van der Waals surface area contributed by atoms with Gasteiger partial charge < -0.3 is 10.1 Å². The predicted octanol–water partition coefficient (Wildman–Crippen LogP) is 1.97. The largest absolute Gasteiger partial charge is 0.452 e. The summed E-state index contributed by atoms with van der Waals surface area (Å²) in [6.07, 6.45) is 0.753. The second-order valence-electron chi connectivity index (χ2n) is 4.68. The van der Waals surface area contributed by atoms with Crippen LogP contribution in [0.3, 0.4) is 0 Å². The summed E-state index contributed by atoms with van der Waals surface area (Å²) in [7, 11) is 0. The Kier molecular flexibility index (Phi) is 5.83. The first-order valence-electron chi connectivity index (χ1n) is 6.57. The number of carbonyl (C=O) groups is 2. The maximum absolute atomic E-state index is 11.9. The van der Waals surface area contributed by atoms with Crippen LogP contribution in [-0.4, -0.2) is 29.4 Å². The van der Waals surface area contributed by atoms with Gasteiger partial charge >= 0.3 is 5.97 Å². The van der Waals surface area contributed by atoms with E-state index in [-0.39, 0.29) is 17.3 Å². The van der Waals surface area contributed by atoms with E-state index >= 15 is 0 Å². The predicted molar refractivity (Wildman–Crippen MR) is 76.0 cm³/mol. The zero-order chi connectivity index (χ0) is 16.0. The molecule has 0 aliphatic carbocycles. The number of nitrogens with one attached hydrogen (secondary N) is 1. The molecule has 0 heterocycles. The van der Waals surface area contributed by atoms with Gasteiger partial charge in [-0.2, -0.15) is 0 Å². The van der Waals surface area contributed by atoms with Gasteiger partial charge in [-0.3, -0.25) is 14.9 Å². The lowest BCUT2D eigenvalue weighted by atomic mass is 10.1. The lowest BCUT2D eigenvalue weighted by molar-refractivity contribution is -0.385. The molecule has 0 aromatic heterocycles. The fourth-order valence-electron chi connectivity index (χ4n) is 1.69. The van der Waals surface area contributed by atoms with Crippen molar-refractivity contribution in [3.05, 3.63) is 39.4 Å². The SMILES string of the molecule is CC[C@@H](C)NC(=O)COC(=O)c1cccc(C)c1[N+](=O)[O-]. The normalized spacial score (nSPS) is 11.6. The Morgan fingerprint density at radius 1 is 1.43 bits per heavy atom. The Hall–Kier alpha value is -2.44. The van der Waals surface area contributed by atoms with Crippen LogP contribution in [0.5, 0.6) is 0 Å². The third-order valence-electron chi connectivity index (χ3n) is 2.99. The van der Waals surface area contributed by atoms with Crippen LogP contribution >= 0.6 is 0 Å². The molecule has 0 fully saturated rings. The van der Waals surface area contributed by atoms with Crippen molar-refractivity contribution in [3.8, 4) is 0 Å². The summed E-state index contributed by atoms with van der Waals surface area (Å²) in [5.41, 5.74) is -0.0975. The van der Waals surface area contributed by atoms with E-state index in [1.54, 1.807) is 0 Å². The first-order valence-corrected chi connectivity index (χ1v) is 6.57. The molecule has 0 aliphatic heterocycles. The Bertz CT molecular complexity index is 556. The maximum Gasteiger partial charge on any atom is 0.345 e. The van der Waals surface area contributed by atoms with Crippen LogP contribution in [0.15, 0.2) is 18.2 Å². The average molecular weight is 294 g/mol. The van der Waals surface area contributed by atoms with E-state index in [2.05, 4.69) is 5.32 Å². The van der Waals surface area contributed by atoms with Crippen molar-refractivity contribution in [2.24, 2.45) is 0 Å². The molecule has 0 saturated heterocycles. The van der Waals surface area contributed by atoms with Crippen molar-refractivity contribution in [2.75, 3.05) is 6.61 Å². The minimum atomic E-state index is -0.885. The molecule has 7 nitrogen and oxygen atoms in total. The number of nitro benzene ring substituents is 1. The summed E-state index contributed by atoms with van der Waals surface area (Å²) in [6, 6.07) is 4.34. The summed E-state index contributed by atoms with van der Waals surface area (Å²) in [5, 5.41) is 13.6. The molecule has 114 valence electrons. The number of amides is 1. The molecule has 1 atom stereocenters. The number of benzene rings is 1. The van der Waals surface area contributed by atoms with Crippen LogP contribution in [0.25, 0.3) is 0 Å². The van der Waals surface area contributed by atoms with Gasteiger partial charge in [0.15, 0.2) is 6.61 Å². The van der Waals surface area contributed by atoms with Gasteiger partial charge in [0, 0.05) is 11.6 Å². The third-order valence-corrected chi connectivity index (χ3v) is 2.99. The number of nitro groups is 1. The molecule has 1 rings (SSSR count). The second-order valence-corrected chi connectivity index (χ2v) is 4.68. The van der Waals surface area contributed by atoms with Crippen molar-refractivity contribution in [2.45, 2.75) is 33.2 Å². The number of para-hydroxylation sites is 1. The van der Waals surface area contributed by atoms with E-state index in [0.29, 0.717) is 5.56 Å². The van der Waals surface area contributed by atoms with Crippen LogP contribution < -0.4 is 5.32 Å². The van der Waals surface area contributed by atoms with Gasteiger partial charge in [-0.05, 0) is 26.3 Å². The molecule has 0 unspecified atom stereocenters. The zero-order valence-electron chi connectivity index (χ0n) is 12.2. The molecule has 7 heteroatoms. The lowest BCUT2D eigenvalue weighted by Gasteiger charge is -2.11. The van der Waals surface area contributed by atoms with Gasteiger partial charge in [-0.25, -0.2) is 4.79 Å².